The smallest absolute Gasteiger partial charge is 0.0125 e. The Morgan fingerprint density at radius 1 is 0.632 bits per heavy atom. The van der Waals surface area contributed by atoms with Crippen LogP contribution in [-0.4, -0.2) is 0 Å². The minimum atomic E-state index is 0.210. The highest BCUT2D eigenvalue weighted by molar-refractivity contribution is 5.71. The summed E-state index contributed by atoms with van der Waals surface area (Å²) >= 11 is 0. The Hall–Kier alpha value is -4.16. The minimum absolute atomic E-state index is 0.210. The average Bonchev–Trinajstić information content (AvgIpc) is 2.98. The zero-order valence-corrected chi connectivity index (χ0v) is 22.1. The van der Waals surface area contributed by atoms with Crippen molar-refractivity contribution in [3.8, 4) is 0 Å². The molecule has 0 saturated heterocycles. The van der Waals surface area contributed by atoms with E-state index in [2.05, 4.69) is 140 Å². The summed E-state index contributed by atoms with van der Waals surface area (Å²) in [6, 6.07) is 30.4. The minimum Gasteiger partial charge on any atom is -0.0955 e. The quantitative estimate of drug-likeness (QED) is 0.312. The van der Waals surface area contributed by atoms with Gasteiger partial charge in [0.05, 0.1) is 0 Å². The monoisotopic (exact) mass is 492 g/mol. The lowest BCUT2D eigenvalue weighted by Crippen LogP contribution is -2.31. The summed E-state index contributed by atoms with van der Waals surface area (Å²) in [7, 11) is 0. The van der Waals surface area contributed by atoms with E-state index in [1.807, 2.05) is 0 Å². The summed E-state index contributed by atoms with van der Waals surface area (Å²) in [5.74, 6) is 0.485. The zero-order valence-electron chi connectivity index (χ0n) is 22.1. The van der Waals surface area contributed by atoms with Crippen molar-refractivity contribution < 1.29 is 0 Å². The lowest BCUT2D eigenvalue weighted by molar-refractivity contribution is 0.677. The van der Waals surface area contributed by atoms with Gasteiger partial charge in [0.15, 0.2) is 0 Å². The van der Waals surface area contributed by atoms with E-state index in [9.17, 15) is 0 Å². The number of fused-ring (bicyclic) bond motifs is 1. The van der Waals surface area contributed by atoms with E-state index in [0.717, 1.165) is 25.7 Å². The molecule has 0 saturated carbocycles. The Morgan fingerprint density at radius 3 is 1.92 bits per heavy atom. The number of hydrogen-bond donors (Lipinski definition) is 0. The van der Waals surface area contributed by atoms with Gasteiger partial charge in [-0.1, -0.05) is 152 Å². The third-order valence-corrected chi connectivity index (χ3v) is 7.70. The Bertz CT molecular complexity index is 1520. The van der Waals surface area contributed by atoms with E-state index >= 15 is 0 Å². The van der Waals surface area contributed by atoms with Crippen LogP contribution in [-0.2, 0) is 6.42 Å². The lowest BCUT2D eigenvalue weighted by Gasteiger charge is -2.28. The number of hydrogen-bond acceptors (Lipinski definition) is 0. The van der Waals surface area contributed by atoms with Gasteiger partial charge in [-0.3, -0.25) is 0 Å². The number of rotatable bonds is 7. The maximum Gasteiger partial charge on any atom is 0.0125 e. The van der Waals surface area contributed by atoms with Gasteiger partial charge in [-0.2, -0.15) is 0 Å². The van der Waals surface area contributed by atoms with E-state index in [0.29, 0.717) is 0 Å². The van der Waals surface area contributed by atoms with Crippen molar-refractivity contribution in [3.63, 3.8) is 0 Å². The van der Waals surface area contributed by atoms with Gasteiger partial charge in [0.2, 0.25) is 0 Å². The highest BCUT2D eigenvalue weighted by Crippen LogP contribution is 2.38. The highest BCUT2D eigenvalue weighted by atomic mass is 14.3. The molecular weight excluding hydrogens is 456 g/mol. The molecule has 0 nitrogen and oxygen atoms in total. The van der Waals surface area contributed by atoms with Gasteiger partial charge in [-0.15, -0.1) is 0 Å². The molecule has 0 heteroatoms. The van der Waals surface area contributed by atoms with Crippen LogP contribution in [0.15, 0.2) is 158 Å². The summed E-state index contributed by atoms with van der Waals surface area (Å²) in [4.78, 5) is 0. The van der Waals surface area contributed by atoms with Gasteiger partial charge in [0.25, 0.3) is 0 Å². The van der Waals surface area contributed by atoms with Crippen LogP contribution < -0.4 is 10.4 Å². The third-order valence-electron chi connectivity index (χ3n) is 7.70. The topological polar surface area (TPSA) is 0 Å². The summed E-state index contributed by atoms with van der Waals surface area (Å²) in [6.07, 6.45) is 21.5. The Morgan fingerprint density at radius 2 is 1.21 bits per heavy atom. The Labute approximate surface area is 227 Å². The first-order valence-electron chi connectivity index (χ1n) is 13.7. The lowest BCUT2D eigenvalue weighted by atomic mass is 9.76. The zero-order chi connectivity index (χ0) is 26.2. The van der Waals surface area contributed by atoms with Gasteiger partial charge in [-0.05, 0) is 64.0 Å². The molecule has 2 unspecified atom stereocenters. The average molecular weight is 493 g/mol. The fourth-order valence-electron chi connectivity index (χ4n) is 5.62. The van der Waals surface area contributed by atoms with E-state index < -0.39 is 0 Å². The summed E-state index contributed by atoms with van der Waals surface area (Å²) in [6.45, 7) is 9.33. The first-order chi connectivity index (χ1) is 18.7. The van der Waals surface area contributed by atoms with Crippen LogP contribution in [0, 0.1) is 5.92 Å². The third kappa shape index (κ3) is 5.87. The number of aryl methyl sites for hydroxylation is 1. The standard InChI is InChI=1S/C38H36/c1-29(27-28-31-17-7-5-8-18-31)33-21-11-3-4-12-22-35(38-26-16-15-25-37(33)38)30(2)34-23-13-14-24-36(34)32-19-9-6-10-20-32/h3-20,23-26,34,36H,1-2,21-22,27-28H2/b11-3-,12-4-,37-33+,38-35+. The molecule has 2 aliphatic rings. The number of allylic oxidation sites excluding steroid dienone is 10. The number of benzene rings is 3. The molecule has 38 heavy (non-hydrogen) atoms. The van der Waals surface area contributed by atoms with Gasteiger partial charge in [-0.25, -0.2) is 0 Å². The van der Waals surface area contributed by atoms with Gasteiger partial charge in [0, 0.05) is 11.8 Å². The molecule has 0 aromatic heterocycles. The fraction of sp³-hybridized carbons (Fsp3) is 0.158. The Kier molecular flexibility index (Phi) is 8.31. The van der Waals surface area contributed by atoms with Crippen molar-refractivity contribution in [2.75, 3.05) is 0 Å². The molecule has 0 amide bonds. The van der Waals surface area contributed by atoms with Crippen LogP contribution in [0.1, 0.15) is 36.3 Å². The molecule has 5 rings (SSSR count). The van der Waals surface area contributed by atoms with Gasteiger partial charge < -0.3 is 0 Å². The molecule has 188 valence electrons. The van der Waals surface area contributed by atoms with Crippen molar-refractivity contribution in [2.45, 2.75) is 31.6 Å². The summed E-state index contributed by atoms with van der Waals surface area (Å²) in [5.41, 5.74) is 7.72. The molecule has 0 heterocycles. The molecule has 0 aliphatic heterocycles. The van der Waals surface area contributed by atoms with Crippen molar-refractivity contribution >= 4 is 11.1 Å². The van der Waals surface area contributed by atoms with Crippen molar-refractivity contribution in [1.82, 2.24) is 0 Å². The van der Waals surface area contributed by atoms with Crippen LogP contribution in [0.25, 0.3) is 11.1 Å². The van der Waals surface area contributed by atoms with E-state index in [1.165, 1.54) is 43.9 Å². The first-order valence-corrected chi connectivity index (χ1v) is 13.7. The second kappa shape index (κ2) is 12.4. The van der Waals surface area contributed by atoms with Crippen LogP contribution >= 0.6 is 0 Å². The molecule has 0 bridgehead atoms. The van der Waals surface area contributed by atoms with Gasteiger partial charge >= 0.3 is 0 Å². The van der Waals surface area contributed by atoms with Crippen LogP contribution in [0.2, 0.25) is 0 Å². The molecule has 3 aromatic carbocycles. The van der Waals surface area contributed by atoms with Gasteiger partial charge in [0.1, 0.15) is 0 Å². The molecule has 0 spiro atoms. The van der Waals surface area contributed by atoms with Crippen LogP contribution in [0.5, 0.6) is 0 Å². The summed E-state index contributed by atoms with van der Waals surface area (Å²) in [5, 5.41) is 2.57. The van der Waals surface area contributed by atoms with E-state index in [4.69, 9.17) is 6.58 Å². The second-order valence-electron chi connectivity index (χ2n) is 10.1. The highest BCUT2D eigenvalue weighted by Gasteiger charge is 2.25. The molecule has 2 aliphatic carbocycles. The molecule has 0 N–H and O–H groups in total. The van der Waals surface area contributed by atoms with Crippen molar-refractivity contribution in [1.29, 1.82) is 0 Å². The van der Waals surface area contributed by atoms with E-state index in [1.54, 1.807) is 0 Å². The molecule has 0 fully saturated rings. The predicted octanol–water partition coefficient (Wildman–Crippen LogP) is 8.17. The molecular formula is C38H36. The van der Waals surface area contributed by atoms with Crippen molar-refractivity contribution in [2.24, 2.45) is 5.92 Å². The molecule has 3 aromatic rings. The second-order valence-corrected chi connectivity index (χ2v) is 10.1. The van der Waals surface area contributed by atoms with Crippen molar-refractivity contribution in [3.05, 3.63) is 179 Å². The first kappa shape index (κ1) is 25.5. The van der Waals surface area contributed by atoms with Crippen LogP contribution in [0.4, 0.5) is 0 Å². The fourth-order valence-corrected chi connectivity index (χ4v) is 5.62. The maximum absolute atomic E-state index is 4.74. The SMILES string of the molecule is C=C(CCc1ccccc1)/C1=c2\cccc\c2=C(/C(=C)C2C=CC=CC2c2ccccc2)C/C=C\C=C/C1. The molecule has 0 radical (unpaired) electrons. The normalized spacial score (nSPS) is 23.3. The van der Waals surface area contributed by atoms with E-state index in [-0.39, 0.29) is 11.8 Å². The predicted molar refractivity (Wildman–Crippen MR) is 164 cm³/mol. The Balaban J connectivity index is 1.60. The largest absolute Gasteiger partial charge is 0.0955 e. The summed E-state index contributed by atoms with van der Waals surface area (Å²) < 4.78 is 0. The molecule has 2 atom stereocenters. The van der Waals surface area contributed by atoms with Crippen LogP contribution in [0.3, 0.4) is 0 Å². The maximum atomic E-state index is 4.74.